The zero-order chi connectivity index (χ0) is 17.6. The molecule has 3 rings (SSSR count). The first-order chi connectivity index (χ1) is 11.3. The maximum Gasteiger partial charge on any atom is -1.00 e. The van der Waals surface area contributed by atoms with Crippen molar-refractivity contribution in [2.75, 3.05) is 0 Å². The average Bonchev–Trinajstić information content (AvgIpc) is 3.03. The minimum atomic E-state index is -0.710. The van der Waals surface area contributed by atoms with Gasteiger partial charge in [-0.1, -0.05) is 0 Å². The second-order valence-electron chi connectivity index (χ2n) is 7.74. The summed E-state index contributed by atoms with van der Waals surface area (Å²) in [7, 11) is 0. The predicted molar refractivity (Wildman–Crippen MR) is 102 cm³/mol. The van der Waals surface area contributed by atoms with E-state index in [1.165, 1.54) is 29.5 Å². The van der Waals surface area contributed by atoms with Crippen molar-refractivity contribution in [1.29, 1.82) is 0 Å². The number of hydrogen-bond donors (Lipinski definition) is 0. The van der Waals surface area contributed by atoms with Crippen molar-refractivity contribution >= 4 is 6.08 Å². The predicted octanol–water partition coefficient (Wildman–Crippen LogP) is 1.11. The van der Waals surface area contributed by atoms with Crippen LogP contribution >= 0.6 is 0 Å². The number of aryl methyl sites for hydroxylation is 2. The fourth-order valence-corrected chi connectivity index (χ4v) is 10.1. The van der Waals surface area contributed by atoms with Gasteiger partial charge < -0.3 is 48.0 Å². The third-order valence-electron chi connectivity index (χ3n) is 6.36. The molecule has 0 saturated carbocycles. The molecule has 26 heavy (non-hydrogen) atoms. The minimum Gasteiger partial charge on any atom is -1.00 e. The van der Waals surface area contributed by atoms with Gasteiger partial charge in [0.15, 0.2) is 0 Å². The molecule has 2 aliphatic carbocycles. The standard InChI is InChI=1S/C12H19.C11H11.2HI.Zr/c1-6-7-12-10(4)8(2)9(3)11(12)5;1-8-6-7-9(2)11-5-3-4-10(8)11;;;/h6-7H2,1-5H3;3-7H,1-2H3;2*1H;/q;;;;+2/p-2. The second-order valence-corrected chi connectivity index (χ2v) is 12.4. The van der Waals surface area contributed by atoms with Gasteiger partial charge >= 0.3 is 160 Å². The summed E-state index contributed by atoms with van der Waals surface area (Å²) in [6.07, 6.45) is 7.47. The quantitative estimate of drug-likeness (QED) is 0.429. The third-order valence-corrected chi connectivity index (χ3v) is 11.4. The molecule has 0 fully saturated rings. The van der Waals surface area contributed by atoms with Crippen LogP contribution in [-0.2, 0) is 23.2 Å². The monoisotopic (exact) mass is 650 g/mol. The van der Waals surface area contributed by atoms with E-state index < -0.39 is 23.2 Å². The van der Waals surface area contributed by atoms with Crippen LogP contribution in [0, 0.1) is 13.8 Å². The zero-order valence-corrected chi connectivity index (χ0v) is 23.8. The molecule has 0 aliphatic heterocycles. The van der Waals surface area contributed by atoms with Gasteiger partial charge in [-0.3, -0.25) is 0 Å². The SMILES string of the molecule is CCCC1=C(C)C(C)=C(C)[C]1(C)[Zr+2][CH]1C=Cc2c(C)ccc(C)c21.[I-].[I-]. The summed E-state index contributed by atoms with van der Waals surface area (Å²) in [6.45, 7) is 16.6. The van der Waals surface area contributed by atoms with Crippen LogP contribution in [0.1, 0.15) is 73.3 Å². The molecule has 0 spiro atoms. The van der Waals surface area contributed by atoms with Gasteiger partial charge in [-0.05, 0) is 0 Å². The van der Waals surface area contributed by atoms with Crippen molar-refractivity contribution in [3.8, 4) is 0 Å². The fraction of sp³-hybridized carbons (Fsp3) is 0.478. The molecule has 1 aromatic carbocycles. The molecule has 2 atom stereocenters. The number of hydrogen-bond acceptors (Lipinski definition) is 0. The average molecular weight is 652 g/mol. The third kappa shape index (κ3) is 4.06. The molecule has 0 saturated heterocycles. The number of halogens is 2. The first-order valence-corrected chi connectivity index (χ1v) is 11.9. The van der Waals surface area contributed by atoms with E-state index in [2.05, 4.69) is 72.8 Å². The van der Waals surface area contributed by atoms with Crippen LogP contribution in [0.3, 0.4) is 0 Å². The minimum absolute atomic E-state index is 0. The molecule has 2 aliphatic rings. The number of fused-ring (bicyclic) bond motifs is 1. The summed E-state index contributed by atoms with van der Waals surface area (Å²) >= 11 is -0.710. The van der Waals surface area contributed by atoms with E-state index in [1.54, 1.807) is 27.9 Å². The summed E-state index contributed by atoms with van der Waals surface area (Å²) in [6, 6.07) is 4.61. The first-order valence-electron chi connectivity index (χ1n) is 9.25. The van der Waals surface area contributed by atoms with Crippen molar-refractivity contribution in [3.05, 3.63) is 62.8 Å². The molecule has 2 unspecified atom stereocenters. The van der Waals surface area contributed by atoms with Crippen molar-refractivity contribution < 1.29 is 71.2 Å². The van der Waals surface area contributed by atoms with Crippen LogP contribution in [0.15, 0.2) is 40.5 Å². The molecule has 0 N–H and O–H groups in total. The normalized spacial score (nSPS) is 23.6. The zero-order valence-electron chi connectivity index (χ0n) is 17.1. The molecule has 3 heteroatoms. The van der Waals surface area contributed by atoms with Gasteiger partial charge in [0.25, 0.3) is 0 Å². The Morgan fingerprint density at radius 2 is 1.58 bits per heavy atom. The van der Waals surface area contributed by atoms with Gasteiger partial charge in [0.05, 0.1) is 0 Å². The molecule has 0 heterocycles. The Morgan fingerprint density at radius 3 is 2.19 bits per heavy atom. The Kier molecular flexibility index (Phi) is 9.09. The summed E-state index contributed by atoms with van der Waals surface area (Å²) in [5, 5.41) is 0. The Morgan fingerprint density at radius 1 is 0.962 bits per heavy atom. The van der Waals surface area contributed by atoms with Gasteiger partial charge in [0.1, 0.15) is 0 Å². The number of benzene rings is 1. The van der Waals surface area contributed by atoms with E-state index in [-0.39, 0.29) is 48.0 Å². The van der Waals surface area contributed by atoms with Gasteiger partial charge in [-0.15, -0.1) is 0 Å². The van der Waals surface area contributed by atoms with Crippen LogP contribution in [0.2, 0.25) is 3.12 Å². The molecule has 1 aromatic rings. The van der Waals surface area contributed by atoms with Crippen LogP contribution < -0.4 is 48.0 Å². The molecular weight excluding hydrogens is 621 g/mol. The molecule has 0 amide bonds. The summed E-state index contributed by atoms with van der Waals surface area (Å²) in [4.78, 5) is 0. The summed E-state index contributed by atoms with van der Waals surface area (Å²) < 4.78 is 1.11. The van der Waals surface area contributed by atoms with Crippen LogP contribution in [-0.4, -0.2) is 0 Å². The largest absolute Gasteiger partial charge is 1.00 e. The van der Waals surface area contributed by atoms with E-state index in [9.17, 15) is 0 Å². The van der Waals surface area contributed by atoms with E-state index >= 15 is 0 Å². The summed E-state index contributed by atoms with van der Waals surface area (Å²) in [5.74, 6) is 0. The maximum atomic E-state index is 2.57. The van der Waals surface area contributed by atoms with Gasteiger partial charge in [-0.25, -0.2) is 0 Å². The maximum absolute atomic E-state index is 2.57. The molecule has 0 bridgehead atoms. The van der Waals surface area contributed by atoms with Crippen LogP contribution in [0.25, 0.3) is 6.08 Å². The molecule has 0 nitrogen and oxygen atoms in total. The van der Waals surface area contributed by atoms with Gasteiger partial charge in [-0.2, -0.15) is 0 Å². The molecular formula is C23H30I2Zr. The van der Waals surface area contributed by atoms with Gasteiger partial charge in [0, 0.05) is 0 Å². The molecule has 140 valence electrons. The van der Waals surface area contributed by atoms with Crippen molar-refractivity contribution in [2.45, 2.75) is 68.1 Å². The van der Waals surface area contributed by atoms with Crippen LogP contribution in [0.4, 0.5) is 0 Å². The fourth-order valence-electron chi connectivity index (χ4n) is 4.58. The van der Waals surface area contributed by atoms with Crippen molar-refractivity contribution in [1.82, 2.24) is 0 Å². The Labute approximate surface area is 206 Å². The Balaban J connectivity index is 0.00000169. The van der Waals surface area contributed by atoms with Crippen molar-refractivity contribution in [2.24, 2.45) is 0 Å². The van der Waals surface area contributed by atoms with E-state index in [0.717, 1.165) is 0 Å². The molecule has 0 radical (unpaired) electrons. The van der Waals surface area contributed by atoms with E-state index in [1.807, 2.05) is 0 Å². The van der Waals surface area contributed by atoms with Crippen LogP contribution in [0.5, 0.6) is 0 Å². The smallest absolute Gasteiger partial charge is 1.00 e. The summed E-state index contributed by atoms with van der Waals surface area (Å²) in [5.41, 5.74) is 12.7. The van der Waals surface area contributed by atoms with Gasteiger partial charge in [0.2, 0.25) is 0 Å². The van der Waals surface area contributed by atoms with E-state index in [0.29, 0.717) is 6.75 Å². The second kappa shape index (κ2) is 9.52. The molecule has 0 aromatic heterocycles. The number of allylic oxidation sites excluding steroid dienone is 5. The topological polar surface area (TPSA) is 0 Å². The first kappa shape index (κ1) is 24.8. The van der Waals surface area contributed by atoms with E-state index in [4.69, 9.17) is 0 Å². The van der Waals surface area contributed by atoms with Crippen molar-refractivity contribution in [3.63, 3.8) is 0 Å². The number of rotatable bonds is 4. The Bertz CT molecular complexity index is 786. The Hall–Kier alpha value is 0.783.